The third kappa shape index (κ3) is 4.86. The van der Waals surface area contributed by atoms with Gasteiger partial charge in [-0.1, -0.05) is 0 Å². The smallest absolute Gasteiger partial charge is 0.221 e. The van der Waals surface area contributed by atoms with Crippen LogP contribution >= 0.6 is 0 Å². The summed E-state index contributed by atoms with van der Waals surface area (Å²) in [5, 5.41) is 15.1. The topological polar surface area (TPSA) is 61.4 Å². The molecule has 0 saturated heterocycles. The molecule has 1 aromatic carbocycles. The fraction of sp³-hybridized carbons (Fsp3) is 0.500. The fourth-order valence-electron chi connectivity index (χ4n) is 1.62. The number of nitrogens with one attached hydrogen (secondary N) is 2. The van der Waals surface area contributed by atoms with E-state index < -0.39 is 23.6 Å². The average Bonchev–Trinajstić information content (AvgIpc) is 2.28. The Morgan fingerprint density at radius 1 is 1.30 bits per heavy atom. The maximum Gasteiger partial charge on any atom is 0.221 e. The first kappa shape index (κ1) is 16.5. The number of halogens is 2. The number of aliphatic hydroxyl groups is 1. The van der Waals surface area contributed by atoms with E-state index >= 15 is 0 Å². The molecule has 0 fully saturated rings. The number of carbonyl (C=O) groups excluding carboxylic acids is 1. The van der Waals surface area contributed by atoms with E-state index in [4.69, 9.17) is 0 Å². The monoisotopic (exact) mass is 286 g/mol. The Balaban J connectivity index is 2.91. The molecule has 0 saturated carbocycles. The van der Waals surface area contributed by atoms with Crippen LogP contribution in [0.1, 0.15) is 39.4 Å². The molecule has 0 aliphatic rings. The lowest BCUT2D eigenvalue weighted by Gasteiger charge is -2.23. The second-order valence-corrected chi connectivity index (χ2v) is 5.68. The number of carbonyl (C=O) groups is 1. The number of anilines is 1. The van der Waals surface area contributed by atoms with Gasteiger partial charge >= 0.3 is 0 Å². The summed E-state index contributed by atoms with van der Waals surface area (Å²) in [6.07, 6.45) is -1.17. The number of hydrogen-bond donors (Lipinski definition) is 3. The van der Waals surface area contributed by atoms with Crippen molar-refractivity contribution < 1.29 is 18.7 Å². The van der Waals surface area contributed by atoms with Crippen molar-refractivity contribution in [1.82, 2.24) is 5.32 Å². The first-order valence-electron chi connectivity index (χ1n) is 6.30. The largest absolute Gasteiger partial charge is 0.387 e. The maximum absolute atomic E-state index is 13.8. The number of hydrogen-bond acceptors (Lipinski definition) is 3. The zero-order valence-corrected chi connectivity index (χ0v) is 12.1. The lowest BCUT2D eigenvalue weighted by Crippen LogP contribution is -2.38. The van der Waals surface area contributed by atoms with Crippen LogP contribution in [-0.4, -0.2) is 23.1 Å². The van der Waals surface area contributed by atoms with Gasteiger partial charge in [0.1, 0.15) is 11.6 Å². The summed E-state index contributed by atoms with van der Waals surface area (Å²) in [7, 11) is 0. The van der Waals surface area contributed by atoms with E-state index in [0.717, 1.165) is 12.1 Å². The van der Waals surface area contributed by atoms with Crippen molar-refractivity contribution in [2.24, 2.45) is 0 Å². The quantitative estimate of drug-likeness (QED) is 0.796. The normalized spacial score (nSPS) is 13.2. The third-order valence-corrected chi connectivity index (χ3v) is 2.58. The van der Waals surface area contributed by atoms with Crippen LogP contribution in [0.4, 0.5) is 14.5 Å². The number of benzene rings is 1. The van der Waals surface area contributed by atoms with Crippen LogP contribution in [0.2, 0.25) is 0 Å². The molecule has 0 spiro atoms. The summed E-state index contributed by atoms with van der Waals surface area (Å²) in [5.74, 6) is -2.05. The van der Waals surface area contributed by atoms with E-state index in [1.807, 2.05) is 20.8 Å². The summed E-state index contributed by atoms with van der Waals surface area (Å²) in [6.45, 7) is 7.00. The van der Waals surface area contributed by atoms with Crippen molar-refractivity contribution in [2.75, 3.05) is 11.9 Å². The molecule has 20 heavy (non-hydrogen) atoms. The van der Waals surface area contributed by atoms with Gasteiger partial charge in [0, 0.05) is 30.6 Å². The Bertz CT molecular complexity index is 499. The van der Waals surface area contributed by atoms with Crippen LogP contribution in [0.5, 0.6) is 0 Å². The Kier molecular flexibility index (Phi) is 5.19. The van der Waals surface area contributed by atoms with E-state index in [9.17, 15) is 18.7 Å². The lowest BCUT2D eigenvalue weighted by molar-refractivity contribution is -0.114. The number of rotatable bonds is 4. The summed E-state index contributed by atoms with van der Waals surface area (Å²) in [6, 6.07) is 1.77. The minimum absolute atomic E-state index is 0.0966. The Morgan fingerprint density at radius 3 is 2.40 bits per heavy atom. The standard InChI is InChI=1S/C14H20F2N2O2/c1-8(19)18-12-6-10(15)9(5-11(12)16)13(20)7-17-14(2,3)4/h5-6,13,17,20H,7H2,1-4H3,(H,18,19). The van der Waals surface area contributed by atoms with Gasteiger partial charge < -0.3 is 15.7 Å². The van der Waals surface area contributed by atoms with Gasteiger partial charge in [-0.05, 0) is 26.8 Å². The van der Waals surface area contributed by atoms with Crippen LogP contribution in [0.3, 0.4) is 0 Å². The van der Waals surface area contributed by atoms with E-state index in [1.54, 1.807) is 0 Å². The van der Waals surface area contributed by atoms with Gasteiger partial charge in [0.2, 0.25) is 5.91 Å². The van der Waals surface area contributed by atoms with E-state index in [1.165, 1.54) is 6.92 Å². The van der Waals surface area contributed by atoms with Gasteiger partial charge in [-0.15, -0.1) is 0 Å². The molecule has 0 bridgehead atoms. The van der Waals surface area contributed by atoms with Crippen molar-refractivity contribution in [3.63, 3.8) is 0 Å². The molecule has 1 amide bonds. The van der Waals surface area contributed by atoms with Crippen LogP contribution in [0.15, 0.2) is 12.1 Å². The van der Waals surface area contributed by atoms with Crippen LogP contribution < -0.4 is 10.6 Å². The van der Waals surface area contributed by atoms with Gasteiger partial charge in [0.25, 0.3) is 0 Å². The van der Waals surface area contributed by atoms with Crippen LogP contribution in [-0.2, 0) is 4.79 Å². The molecule has 1 unspecified atom stereocenters. The van der Waals surface area contributed by atoms with Crippen molar-refractivity contribution >= 4 is 11.6 Å². The van der Waals surface area contributed by atoms with Gasteiger partial charge in [-0.25, -0.2) is 8.78 Å². The van der Waals surface area contributed by atoms with Crippen LogP contribution in [0.25, 0.3) is 0 Å². The minimum atomic E-state index is -1.17. The van der Waals surface area contributed by atoms with Crippen molar-refractivity contribution in [3.8, 4) is 0 Å². The second-order valence-electron chi connectivity index (χ2n) is 5.68. The highest BCUT2D eigenvalue weighted by Crippen LogP contribution is 2.24. The van der Waals surface area contributed by atoms with Gasteiger partial charge in [-0.2, -0.15) is 0 Å². The molecule has 112 valence electrons. The maximum atomic E-state index is 13.8. The molecular formula is C14H20F2N2O2. The molecule has 3 N–H and O–H groups in total. The third-order valence-electron chi connectivity index (χ3n) is 2.58. The molecule has 0 aromatic heterocycles. The number of aliphatic hydroxyl groups excluding tert-OH is 1. The summed E-state index contributed by atoms with van der Waals surface area (Å²) in [5.41, 5.74) is -0.630. The average molecular weight is 286 g/mol. The van der Waals surface area contributed by atoms with Gasteiger partial charge in [0.05, 0.1) is 11.8 Å². The molecule has 1 atom stereocenters. The van der Waals surface area contributed by atoms with E-state index in [2.05, 4.69) is 10.6 Å². The highest BCUT2D eigenvalue weighted by molar-refractivity contribution is 5.88. The molecule has 0 radical (unpaired) electrons. The van der Waals surface area contributed by atoms with Gasteiger partial charge in [0.15, 0.2) is 0 Å². The molecule has 4 nitrogen and oxygen atoms in total. The first-order valence-corrected chi connectivity index (χ1v) is 6.30. The van der Waals surface area contributed by atoms with Gasteiger partial charge in [-0.3, -0.25) is 4.79 Å². The minimum Gasteiger partial charge on any atom is -0.387 e. The van der Waals surface area contributed by atoms with Crippen LogP contribution in [0, 0.1) is 11.6 Å². The number of amides is 1. The summed E-state index contributed by atoms with van der Waals surface area (Å²) >= 11 is 0. The first-order chi connectivity index (χ1) is 9.10. The Labute approximate surface area is 117 Å². The van der Waals surface area contributed by atoms with E-state index in [-0.39, 0.29) is 23.3 Å². The summed E-state index contributed by atoms with van der Waals surface area (Å²) < 4.78 is 27.6. The molecule has 0 aliphatic carbocycles. The Morgan fingerprint density at radius 2 is 1.90 bits per heavy atom. The molecule has 0 heterocycles. The molecular weight excluding hydrogens is 266 g/mol. The zero-order valence-electron chi connectivity index (χ0n) is 12.1. The molecule has 0 aliphatic heterocycles. The summed E-state index contributed by atoms with van der Waals surface area (Å²) in [4.78, 5) is 10.8. The highest BCUT2D eigenvalue weighted by atomic mass is 19.1. The predicted molar refractivity (Wildman–Crippen MR) is 73.4 cm³/mol. The van der Waals surface area contributed by atoms with Crippen molar-refractivity contribution in [3.05, 3.63) is 29.3 Å². The van der Waals surface area contributed by atoms with Crippen molar-refractivity contribution in [1.29, 1.82) is 0 Å². The SMILES string of the molecule is CC(=O)Nc1cc(F)c(C(O)CNC(C)(C)C)cc1F. The zero-order chi connectivity index (χ0) is 15.5. The second kappa shape index (κ2) is 6.28. The Hall–Kier alpha value is -1.53. The molecule has 1 aromatic rings. The van der Waals surface area contributed by atoms with E-state index in [0.29, 0.717) is 0 Å². The van der Waals surface area contributed by atoms with Crippen molar-refractivity contribution in [2.45, 2.75) is 39.3 Å². The molecule has 1 rings (SSSR count). The lowest BCUT2D eigenvalue weighted by atomic mass is 10.0. The number of β-amino-alcohol motifs (C(OH)–C–C–N with tert-alkyl or cyclic N) is 1. The fourth-order valence-corrected chi connectivity index (χ4v) is 1.62. The highest BCUT2D eigenvalue weighted by Gasteiger charge is 2.19. The molecule has 6 heteroatoms. The predicted octanol–water partition coefficient (Wildman–Crippen LogP) is 2.34.